The van der Waals surface area contributed by atoms with Crippen LogP contribution in [0.4, 0.5) is 4.39 Å². The summed E-state index contributed by atoms with van der Waals surface area (Å²) in [6, 6.07) is 2.99. The molecule has 1 heterocycles. The summed E-state index contributed by atoms with van der Waals surface area (Å²) in [5, 5.41) is 9.39. The largest absolute Gasteiger partial charge is 0.480 e. The highest BCUT2D eigenvalue weighted by Gasteiger charge is 2.18. The van der Waals surface area contributed by atoms with Crippen LogP contribution < -0.4 is 5.73 Å². The first-order valence-corrected chi connectivity index (χ1v) is 4.34. The Balaban J connectivity index is 2.59. The first-order valence-electron chi connectivity index (χ1n) is 4.34. The Kier molecular flexibility index (Phi) is 2.17. The maximum Gasteiger partial charge on any atom is 0.325 e. The van der Waals surface area contributed by atoms with E-state index in [0.29, 0.717) is 16.5 Å². The molecule has 2 rings (SSSR count). The molecule has 0 amide bonds. The van der Waals surface area contributed by atoms with Crippen LogP contribution in [-0.4, -0.2) is 16.1 Å². The van der Waals surface area contributed by atoms with Crippen molar-refractivity contribution in [2.75, 3.05) is 0 Å². The Labute approximate surface area is 84.5 Å². The van der Waals surface area contributed by atoms with E-state index in [-0.39, 0.29) is 5.82 Å². The van der Waals surface area contributed by atoms with Gasteiger partial charge in [0.2, 0.25) is 0 Å². The minimum atomic E-state index is -1.11. The summed E-state index contributed by atoms with van der Waals surface area (Å²) in [7, 11) is 0. The first kappa shape index (κ1) is 9.67. The fourth-order valence-electron chi connectivity index (χ4n) is 1.51. The number of rotatable bonds is 2. The van der Waals surface area contributed by atoms with Gasteiger partial charge in [-0.25, -0.2) is 4.39 Å². The molecule has 4 N–H and O–H groups in total. The second-order valence-electron chi connectivity index (χ2n) is 3.25. The predicted octanol–water partition coefficient (Wildman–Crippen LogP) is 1.39. The number of carboxylic acids is 1. The molecule has 15 heavy (non-hydrogen) atoms. The molecule has 78 valence electrons. The number of fused-ring (bicyclic) bond motifs is 1. The van der Waals surface area contributed by atoms with Crippen molar-refractivity contribution in [3.05, 3.63) is 35.8 Å². The Morgan fingerprint density at radius 2 is 2.27 bits per heavy atom. The lowest BCUT2D eigenvalue weighted by atomic mass is 10.1. The number of hydrogen-bond acceptors (Lipinski definition) is 2. The van der Waals surface area contributed by atoms with E-state index in [4.69, 9.17) is 10.8 Å². The second kappa shape index (κ2) is 3.36. The minimum absolute atomic E-state index is 0.375. The van der Waals surface area contributed by atoms with Gasteiger partial charge >= 0.3 is 5.97 Å². The second-order valence-corrected chi connectivity index (χ2v) is 3.25. The molecule has 0 fully saturated rings. The minimum Gasteiger partial charge on any atom is -0.480 e. The van der Waals surface area contributed by atoms with E-state index >= 15 is 0 Å². The number of aliphatic carboxylic acids is 1. The average Bonchev–Trinajstić information content (AvgIpc) is 2.59. The number of nitrogens with one attached hydrogen (secondary N) is 1. The van der Waals surface area contributed by atoms with E-state index in [2.05, 4.69) is 4.98 Å². The van der Waals surface area contributed by atoms with Crippen molar-refractivity contribution in [3.8, 4) is 0 Å². The van der Waals surface area contributed by atoms with Gasteiger partial charge in [-0.1, -0.05) is 0 Å². The molecule has 2 aromatic rings. The van der Waals surface area contributed by atoms with Crippen molar-refractivity contribution in [1.82, 2.24) is 4.98 Å². The highest BCUT2D eigenvalue weighted by Crippen LogP contribution is 2.23. The van der Waals surface area contributed by atoms with Crippen LogP contribution in [0.25, 0.3) is 10.9 Å². The van der Waals surface area contributed by atoms with Crippen LogP contribution in [0, 0.1) is 5.82 Å². The third-order valence-corrected chi connectivity index (χ3v) is 2.28. The molecule has 1 unspecified atom stereocenters. The number of aromatic amines is 1. The molecular weight excluding hydrogens is 199 g/mol. The summed E-state index contributed by atoms with van der Waals surface area (Å²) in [6.07, 6.45) is 1.49. The zero-order valence-electron chi connectivity index (χ0n) is 7.70. The molecule has 0 aliphatic heterocycles. The van der Waals surface area contributed by atoms with E-state index in [0.717, 1.165) is 0 Å². The van der Waals surface area contributed by atoms with Crippen LogP contribution in [0.5, 0.6) is 0 Å². The lowest BCUT2D eigenvalue weighted by molar-refractivity contribution is -0.138. The molecule has 5 heteroatoms. The van der Waals surface area contributed by atoms with Crippen molar-refractivity contribution >= 4 is 16.9 Å². The maximum absolute atomic E-state index is 12.8. The van der Waals surface area contributed by atoms with Crippen LogP contribution in [0.2, 0.25) is 0 Å². The maximum atomic E-state index is 12.8. The fourth-order valence-corrected chi connectivity index (χ4v) is 1.51. The molecule has 0 saturated heterocycles. The molecule has 0 saturated carbocycles. The number of carbonyl (C=O) groups is 1. The zero-order chi connectivity index (χ0) is 11.0. The van der Waals surface area contributed by atoms with Gasteiger partial charge in [0, 0.05) is 22.7 Å². The Hall–Kier alpha value is -1.88. The summed E-state index contributed by atoms with van der Waals surface area (Å²) in [5.41, 5.74) is 6.47. The predicted molar refractivity (Wildman–Crippen MR) is 52.8 cm³/mol. The Morgan fingerprint density at radius 3 is 2.93 bits per heavy atom. The number of hydrogen-bond donors (Lipinski definition) is 3. The number of aromatic nitrogens is 1. The molecule has 1 aromatic heterocycles. The Bertz CT molecular complexity index is 521. The third kappa shape index (κ3) is 1.57. The molecule has 0 aliphatic carbocycles. The van der Waals surface area contributed by atoms with Gasteiger partial charge in [0.1, 0.15) is 11.9 Å². The monoisotopic (exact) mass is 208 g/mol. The standard InChI is InChI=1S/C10H9FN2O2/c11-5-1-2-6-7(9(12)10(14)15)4-13-8(6)3-5/h1-4,9,13H,12H2,(H,14,15). The molecule has 0 radical (unpaired) electrons. The van der Waals surface area contributed by atoms with E-state index in [1.54, 1.807) is 0 Å². The van der Waals surface area contributed by atoms with Gasteiger partial charge in [-0.2, -0.15) is 0 Å². The summed E-state index contributed by atoms with van der Waals surface area (Å²) in [4.78, 5) is 13.5. The van der Waals surface area contributed by atoms with E-state index in [1.807, 2.05) is 0 Å². The lowest BCUT2D eigenvalue weighted by Gasteiger charge is -2.03. The van der Waals surface area contributed by atoms with Crippen molar-refractivity contribution in [1.29, 1.82) is 0 Å². The SMILES string of the molecule is NC(C(=O)O)c1c[nH]c2cc(F)ccc12. The molecule has 0 aliphatic rings. The van der Waals surface area contributed by atoms with Crippen LogP contribution >= 0.6 is 0 Å². The van der Waals surface area contributed by atoms with Gasteiger partial charge in [0.05, 0.1) is 0 Å². The average molecular weight is 208 g/mol. The van der Waals surface area contributed by atoms with Gasteiger partial charge in [-0.05, 0) is 18.2 Å². The van der Waals surface area contributed by atoms with Gasteiger partial charge in [-0.15, -0.1) is 0 Å². The quantitative estimate of drug-likeness (QED) is 0.697. The number of nitrogens with two attached hydrogens (primary N) is 1. The van der Waals surface area contributed by atoms with Crippen molar-refractivity contribution in [2.24, 2.45) is 5.73 Å². The first-order chi connectivity index (χ1) is 7.09. The number of benzene rings is 1. The van der Waals surface area contributed by atoms with E-state index in [1.165, 1.54) is 24.4 Å². The van der Waals surface area contributed by atoms with Crippen LogP contribution in [0.1, 0.15) is 11.6 Å². The van der Waals surface area contributed by atoms with Crippen molar-refractivity contribution in [3.63, 3.8) is 0 Å². The fraction of sp³-hybridized carbons (Fsp3) is 0.100. The lowest BCUT2D eigenvalue weighted by Crippen LogP contribution is -2.20. The van der Waals surface area contributed by atoms with Gasteiger partial charge in [0.25, 0.3) is 0 Å². The Morgan fingerprint density at radius 1 is 1.53 bits per heavy atom. The van der Waals surface area contributed by atoms with Crippen LogP contribution in [-0.2, 0) is 4.79 Å². The zero-order valence-corrected chi connectivity index (χ0v) is 7.70. The van der Waals surface area contributed by atoms with Crippen LogP contribution in [0.15, 0.2) is 24.4 Å². The highest BCUT2D eigenvalue weighted by molar-refractivity contribution is 5.88. The summed E-state index contributed by atoms with van der Waals surface area (Å²) >= 11 is 0. The summed E-state index contributed by atoms with van der Waals surface area (Å²) in [5.74, 6) is -1.49. The van der Waals surface area contributed by atoms with E-state index in [9.17, 15) is 9.18 Å². The smallest absolute Gasteiger partial charge is 0.325 e. The summed E-state index contributed by atoms with van der Waals surface area (Å²) in [6.45, 7) is 0. The molecule has 4 nitrogen and oxygen atoms in total. The van der Waals surface area contributed by atoms with E-state index < -0.39 is 12.0 Å². The highest BCUT2D eigenvalue weighted by atomic mass is 19.1. The molecule has 1 aromatic carbocycles. The van der Waals surface area contributed by atoms with Gasteiger partial charge in [-0.3, -0.25) is 4.79 Å². The van der Waals surface area contributed by atoms with Crippen molar-refractivity contribution < 1.29 is 14.3 Å². The van der Waals surface area contributed by atoms with Gasteiger partial charge < -0.3 is 15.8 Å². The topological polar surface area (TPSA) is 79.1 Å². The number of halogens is 1. The molecule has 1 atom stereocenters. The summed E-state index contributed by atoms with van der Waals surface area (Å²) < 4.78 is 12.8. The number of carboxylic acid groups (broad SMARTS) is 1. The molecule has 0 bridgehead atoms. The molecule has 0 spiro atoms. The third-order valence-electron chi connectivity index (χ3n) is 2.28. The van der Waals surface area contributed by atoms with Crippen molar-refractivity contribution in [2.45, 2.75) is 6.04 Å². The van der Waals surface area contributed by atoms with Crippen LogP contribution in [0.3, 0.4) is 0 Å². The normalized spacial score (nSPS) is 12.9. The molecular formula is C10H9FN2O2. The van der Waals surface area contributed by atoms with Gasteiger partial charge in [0.15, 0.2) is 0 Å². The number of H-pyrrole nitrogens is 1.